The van der Waals surface area contributed by atoms with Gasteiger partial charge in [-0.15, -0.1) is 6.42 Å². The first-order valence-corrected chi connectivity index (χ1v) is 21.6. The fourth-order valence-corrected chi connectivity index (χ4v) is 7.98. The minimum Gasteiger partial charge on any atom is -0.378 e. The number of ether oxygens (including phenoxy) is 8. The second-order valence-electron chi connectivity index (χ2n) is 14.2. The molecule has 0 aliphatic carbocycles. The first-order valence-electron chi connectivity index (χ1n) is 19.9. The lowest BCUT2D eigenvalue weighted by atomic mass is 9.91. The number of hydrogen-bond donors (Lipinski definition) is 2. The fourth-order valence-electron chi connectivity index (χ4n) is 6.48. The van der Waals surface area contributed by atoms with Gasteiger partial charge in [0.05, 0.1) is 121 Å². The Balaban J connectivity index is 0.867. The Hall–Kier alpha value is -3.51. The Kier molecular flexibility index (Phi) is 19.3. The van der Waals surface area contributed by atoms with E-state index in [0.29, 0.717) is 142 Å². The lowest BCUT2D eigenvalue weighted by Gasteiger charge is -2.47. The van der Waals surface area contributed by atoms with Crippen LogP contribution in [-0.4, -0.2) is 173 Å². The van der Waals surface area contributed by atoms with Crippen LogP contribution in [0.15, 0.2) is 47.4 Å². The summed E-state index contributed by atoms with van der Waals surface area (Å²) in [6.07, 6.45) is 5.10. The van der Waals surface area contributed by atoms with Crippen molar-refractivity contribution in [2.24, 2.45) is 5.73 Å². The molecule has 0 unspecified atom stereocenters. The lowest BCUT2D eigenvalue weighted by molar-refractivity contribution is -0.0241. The number of aromatic nitrogens is 2. The van der Waals surface area contributed by atoms with E-state index in [1.807, 2.05) is 36.1 Å². The zero-order valence-corrected chi connectivity index (χ0v) is 34.6. The van der Waals surface area contributed by atoms with E-state index in [-0.39, 0.29) is 5.75 Å². The van der Waals surface area contributed by atoms with Gasteiger partial charge in [-0.25, -0.2) is 13.4 Å². The average molecular weight is 829 g/mol. The van der Waals surface area contributed by atoms with E-state index in [1.54, 1.807) is 12.1 Å². The molecule has 58 heavy (non-hydrogen) atoms. The van der Waals surface area contributed by atoms with Gasteiger partial charge < -0.3 is 53.8 Å². The molecule has 17 heteroatoms. The van der Waals surface area contributed by atoms with Crippen molar-refractivity contribution >= 4 is 32.5 Å². The number of aryl methyl sites for hydroxylation is 1. The molecule has 1 fully saturated rings. The molecule has 0 bridgehead atoms. The normalized spacial score (nSPS) is 16.1. The highest BCUT2D eigenvalue weighted by atomic mass is 32.2. The SMILES string of the molecule is C#CCOCCOCCOCCOCCOCCOCCOCCOCCN1CC(N)(CNc2nc(N3CCS(=O)(=O)c4ccccc4C3)nc3ccc(C)cc23)C1. The van der Waals surface area contributed by atoms with Gasteiger partial charge in [0, 0.05) is 44.7 Å². The van der Waals surface area contributed by atoms with Gasteiger partial charge in [0.2, 0.25) is 5.95 Å². The molecule has 0 saturated carbocycles. The number of fused-ring (bicyclic) bond motifs is 2. The van der Waals surface area contributed by atoms with Crippen LogP contribution < -0.4 is 16.0 Å². The van der Waals surface area contributed by atoms with Crippen LogP contribution in [0.25, 0.3) is 10.9 Å². The minimum atomic E-state index is -3.40. The van der Waals surface area contributed by atoms with Gasteiger partial charge in [0.25, 0.3) is 0 Å². The zero-order chi connectivity index (χ0) is 40.9. The Labute approximate surface area is 342 Å². The van der Waals surface area contributed by atoms with Crippen LogP contribution in [0.5, 0.6) is 0 Å². The molecule has 0 spiro atoms. The highest BCUT2D eigenvalue weighted by molar-refractivity contribution is 7.91. The van der Waals surface area contributed by atoms with Crippen molar-refractivity contribution in [3.8, 4) is 12.3 Å². The molecule has 320 valence electrons. The number of nitrogens with two attached hydrogens (primary N) is 1. The zero-order valence-electron chi connectivity index (χ0n) is 33.7. The van der Waals surface area contributed by atoms with Gasteiger partial charge in [-0.3, -0.25) is 4.90 Å². The smallest absolute Gasteiger partial charge is 0.228 e. The molecule has 3 N–H and O–H groups in total. The average Bonchev–Trinajstić information content (AvgIpc) is 3.34. The number of benzene rings is 2. The Bertz CT molecular complexity index is 1820. The second-order valence-corrected chi connectivity index (χ2v) is 16.3. The van der Waals surface area contributed by atoms with Gasteiger partial charge in [-0.05, 0) is 30.7 Å². The number of hydrogen-bond acceptors (Lipinski definition) is 16. The molecular formula is C41H60N6O10S. The summed E-state index contributed by atoms with van der Waals surface area (Å²) in [7, 11) is -3.40. The summed E-state index contributed by atoms with van der Waals surface area (Å²) in [5.41, 5.74) is 8.97. The summed E-state index contributed by atoms with van der Waals surface area (Å²) in [6, 6.07) is 13.2. The predicted molar refractivity (Wildman–Crippen MR) is 221 cm³/mol. The number of rotatable bonds is 29. The third-order valence-electron chi connectivity index (χ3n) is 9.45. The molecule has 0 atom stereocenters. The lowest BCUT2D eigenvalue weighted by Crippen LogP contribution is -2.70. The molecule has 2 aromatic carbocycles. The topological polar surface area (TPSA) is 178 Å². The van der Waals surface area contributed by atoms with Crippen molar-refractivity contribution in [2.75, 3.05) is 154 Å². The molecule has 1 saturated heterocycles. The molecule has 2 aliphatic rings. The monoisotopic (exact) mass is 828 g/mol. The summed E-state index contributed by atoms with van der Waals surface area (Å²) in [4.78, 5) is 14.4. The first-order chi connectivity index (χ1) is 28.3. The summed E-state index contributed by atoms with van der Waals surface area (Å²) in [5.74, 6) is 3.57. The molecule has 0 amide bonds. The van der Waals surface area contributed by atoms with Crippen molar-refractivity contribution in [3.05, 3.63) is 53.6 Å². The number of nitrogens with zero attached hydrogens (tertiary/aromatic N) is 4. The highest BCUT2D eigenvalue weighted by Crippen LogP contribution is 2.29. The second kappa shape index (κ2) is 24.5. The van der Waals surface area contributed by atoms with Crippen molar-refractivity contribution in [1.82, 2.24) is 14.9 Å². The van der Waals surface area contributed by atoms with E-state index in [1.165, 1.54) is 0 Å². The van der Waals surface area contributed by atoms with Crippen molar-refractivity contribution < 1.29 is 46.3 Å². The quantitative estimate of drug-likeness (QED) is 0.0766. The van der Waals surface area contributed by atoms with Crippen molar-refractivity contribution in [3.63, 3.8) is 0 Å². The van der Waals surface area contributed by atoms with Crippen LogP contribution in [0, 0.1) is 19.3 Å². The van der Waals surface area contributed by atoms with E-state index in [4.69, 9.17) is 60.0 Å². The number of likely N-dealkylation sites (tertiary alicyclic amines) is 1. The predicted octanol–water partition coefficient (Wildman–Crippen LogP) is 1.92. The van der Waals surface area contributed by atoms with Crippen LogP contribution in [0.2, 0.25) is 0 Å². The van der Waals surface area contributed by atoms with Gasteiger partial charge in [-0.1, -0.05) is 35.7 Å². The molecule has 5 rings (SSSR count). The van der Waals surface area contributed by atoms with E-state index in [9.17, 15) is 8.42 Å². The molecule has 2 aliphatic heterocycles. The summed E-state index contributed by atoms with van der Waals surface area (Å²) in [6.45, 7) is 13.3. The third kappa shape index (κ3) is 15.3. The highest BCUT2D eigenvalue weighted by Gasteiger charge is 2.39. The third-order valence-corrected chi connectivity index (χ3v) is 11.2. The minimum absolute atomic E-state index is 0.00573. The Morgan fingerprint density at radius 2 is 1.33 bits per heavy atom. The number of nitrogens with one attached hydrogen (secondary N) is 1. The van der Waals surface area contributed by atoms with Crippen molar-refractivity contribution in [2.45, 2.75) is 23.9 Å². The van der Waals surface area contributed by atoms with Crippen molar-refractivity contribution in [1.29, 1.82) is 0 Å². The van der Waals surface area contributed by atoms with Crippen LogP contribution in [0.4, 0.5) is 11.8 Å². The number of terminal acetylenes is 1. The van der Waals surface area contributed by atoms with Crippen LogP contribution >= 0.6 is 0 Å². The first kappa shape index (κ1) is 45.6. The number of sulfone groups is 1. The van der Waals surface area contributed by atoms with Crippen LogP contribution in [0.3, 0.4) is 0 Å². The summed E-state index contributed by atoms with van der Waals surface area (Å²) < 4.78 is 69.8. The number of anilines is 2. The van der Waals surface area contributed by atoms with E-state index in [2.05, 4.69) is 22.2 Å². The van der Waals surface area contributed by atoms with E-state index >= 15 is 0 Å². The summed E-state index contributed by atoms with van der Waals surface area (Å²) >= 11 is 0. The molecule has 0 radical (unpaired) electrons. The molecule has 1 aromatic heterocycles. The van der Waals surface area contributed by atoms with Gasteiger partial charge in [0.15, 0.2) is 9.84 Å². The van der Waals surface area contributed by atoms with E-state index in [0.717, 1.165) is 41.7 Å². The molecular weight excluding hydrogens is 769 g/mol. The van der Waals surface area contributed by atoms with Gasteiger partial charge in [-0.2, -0.15) is 4.98 Å². The fraction of sp³-hybridized carbons (Fsp3) is 0.610. The Morgan fingerprint density at radius 1 is 0.776 bits per heavy atom. The van der Waals surface area contributed by atoms with Gasteiger partial charge >= 0.3 is 0 Å². The largest absolute Gasteiger partial charge is 0.378 e. The Morgan fingerprint density at radius 3 is 1.91 bits per heavy atom. The molecule has 16 nitrogen and oxygen atoms in total. The van der Waals surface area contributed by atoms with Crippen LogP contribution in [0.1, 0.15) is 11.1 Å². The molecule has 3 aromatic rings. The standard InChI is InChI=1S/C41H60N6O10S/c1-3-12-50-14-16-52-18-20-54-22-24-56-26-27-57-25-23-55-21-19-53-17-15-51-13-10-46-32-41(42,33-46)31-43-39-36-29-34(2)8-9-37(36)44-40(45-39)47-11-28-58(48,49)38-7-5-4-6-35(38)30-47/h1,4-9,29H,10-28,30-33,42H2,2H3,(H,43,44,45). The maximum Gasteiger partial charge on any atom is 0.228 e. The van der Waals surface area contributed by atoms with Gasteiger partial charge in [0.1, 0.15) is 12.4 Å². The van der Waals surface area contributed by atoms with Crippen LogP contribution in [-0.2, 0) is 54.3 Å². The molecule has 3 heterocycles. The van der Waals surface area contributed by atoms with E-state index < -0.39 is 15.4 Å². The maximum absolute atomic E-state index is 13.0. The summed E-state index contributed by atoms with van der Waals surface area (Å²) in [5, 5.41) is 4.42. The maximum atomic E-state index is 13.0.